The highest BCUT2D eigenvalue weighted by molar-refractivity contribution is 5.45. The first-order chi connectivity index (χ1) is 8.26. The number of anilines is 1. The van der Waals surface area contributed by atoms with Crippen LogP contribution in [0.1, 0.15) is 25.7 Å². The third kappa shape index (κ3) is 1.30. The van der Waals surface area contributed by atoms with E-state index in [0.717, 1.165) is 18.8 Å². The predicted octanol–water partition coefficient (Wildman–Crippen LogP) is 2.65. The smallest absolute Gasteiger partial charge is 0.0701 e. The summed E-state index contributed by atoms with van der Waals surface area (Å²) < 4.78 is 0. The van der Waals surface area contributed by atoms with E-state index in [2.05, 4.69) is 29.6 Å². The van der Waals surface area contributed by atoms with Gasteiger partial charge in [-0.25, -0.2) is 0 Å². The Labute approximate surface area is 102 Å². The van der Waals surface area contributed by atoms with E-state index >= 15 is 0 Å². The summed E-state index contributed by atoms with van der Waals surface area (Å²) in [5.74, 6) is 1.98. The van der Waals surface area contributed by atoms with E-state index in [-0.39, 0.29) is 5.60 Å². The second-order valence-electron chi connectivity index (χ2n) is 6.16. The number of aliphatic hydroxyl groups is 1. The van der Waals surface area contributed by atoms with Gasteiger partial charge in [0, 0.05) is 17.6 Å². The average Bonchev–Trinajstić information content (AvgIpc) is 2.85. The Balaban J connectivity index is 1.61. The third-order valence-electron chi connectivity index (χ3n) is 5.30. The first-order valence-electron chi connectivity index (χ1n) is 6.80. The fourth-order valence-electron chi connectivity index (χ4n) is 4.78. The van der Waals surface area contributed by atoms with Gasteiger partial charge in [-0.1, -0.05) is 18.2 Å². The zero-order valence-electron chi connectivity index (χ0n) is 9.97. The van der Waals surface area contributed by atoms with Crippen molar-refractivity contribution in [1.82, 2.24) is 0 Å². The molecule has 0 heterocycles. The number of nitrogens with one attached hydrogen (secondary N) is 1. The molecule has 3 aliphatic rings. The standard InChI is InChI=1S/C15H19NO/c17-15-7-6-10-8-11(9-15)14(13(10)15)16-12-4-2-1-3-5-12/h1-5,10-11,13-14,16-17H,6-9H2/t10-,11-,13-,14?,15-/m1/s1. The summed E-state index contributed by atoms with van der Waals surface area (Å²) in [6.45, 7) is 0. The monoisotopic (exact) mass is 229 g/mol. The van der Waals surface area contributed by atoms with Crippen molar-refractivity contribution < 1.29 is 5.11 Å². The molecule has 0 radical (unpaired) electrons. The molecule has 2 nitrogen and oxygen atoms in total. The van der Waals surface area contributed by atoms with Crippen LogP contribution < -0.4 is 5.32 Å². The summed E-state index contributed by atoms with van der Waals surface area (Å²) in [6, 6.07) is 11.0. The highest BCUT2D eigenvalue weighted by atomic mass is 16.3. The van der Waals surface area contributed by atoms with Crippen molar-refractivity contribution >= 4 is 5.69 Å². The Bertz CT molecular complexity index is 432. The minimum absolute atomic E-state index is 0.333. The molecule has 5 atom stereocenters. The number of benzene rings is 1. The van der Waals surface area contributed by atoms with Gasteiger partial charge in [0.2, 0.25) is 0 Å². The van der Waals surface area contributed by atoms with Crippen molar-refractivity contribution in [3.63, 3.8) is 0 Å². The minimum Gasteiger partial charge on any atom is -0.389 e. The molecule has 0 aliphatic heterocycles. The molecule has 1 aromatic rings. The van der Waals surface area contributed by atoms with Gasteiger partial charge in [-0.15, -0.1) is 0 Å². The van der Waals surface area contributed by atoms with Crippen molar-refractivity contribution in [3.8, 4) is 0 Å². The van der Waals surface area contributed by atoms with Gasteiger partial charge in [-0.3, -0.25) is 0 Å². The molecule has 3 fully saturated rings. The van der Waals surface area contributed by atoms with Gasteiger partial charge in [0.1, 0.15) is 0 Å². The van der Waals surface area contributed by atoms with Crippen LogP contribution in [0, 0.1) is 17.8 Å². The highest BCUT2D eigenvalue weighted by Crippen LogP contribution is 2.62. The van der Waals surface area contributed by atoms with Crippen LogP contribution in [0.15, 0.2) is 30.3 Å². The first-order valence-corrected chi connectivity index (χ1v) is 6.80. The highest BCUT2D eigenvalue weighted by Gasteiger charge is 2.63. The van der Waals surface area contributed by atoms with E-state index in [0.29, 0.717) is 17.9 Å². The molecule has 1 aromatic carbocycles. The first kappa shape index (κ1) is 9.95. The molecule has 2 heteroatoms. The summed E-state index contributed by atoms with van der Waals surface area (Å²) in [4.78, 5) is 0. The van der Waals surface area contributed by atoms with Crippen molar-refractivity contribution in [2.75, 3.05) is 5.32 Å². The van der Waals surface area contributed by atoms with E-state index in [1.807, 2.05) is 6.07 Å². The molecule has 1 unspecified atom stereocenters. The third-order valence-corrected chi connectivity index (χ3v) is 5.30. The summed E-state index contributed by atoms with van der Waals surface area (Å²) in [5, 5.41) is 14.3. The molecule has 4 rings (SSSR count). The lowest BCUT2D eigenvalue weighted by Crippen LogP contribution is -2.36. The fraction of sp³-hybridized carbons (Fsp3) is 0.600. The zero-order valence-corrected chi connectivity index (χ0v) is 9.97. The molecule has 3 aliphatic carbocycles. The van der Waals surface area contributed by atoms with Crippen LogP contribution in [0.5, 0.6) is 0 Å². The Morgan fingerprint density at radius 1 is 1.18 bits per heavy atom. The summed E-state index contributed by atoms with van der Waals surface area (Å²) in [5.41, 5.74) is 0.874. The van der Waals surface area contributed by atoms with Gasteiger partial charge in [-0.05, 0) is 49.7 Å². The Morgan fingerprint density at radius 2 is 2.00 bits per heavy atom. The lowest BCUT2D eigenvalue weighted by Gasteiger charge is -2.28. The molecular formula is C15H19NO. The average molecular weight is 229 g/mol. The molecule has 2 bridgehead atoms. The van der Waals surface area contributed by atoms with Crippen LogP contribution in [-0.4, -0.2) is 16.7 Å². The predicted molar refractivity (Wildman–Crippen MR) is 67.7 cm³/mol. The SMILES string of the molecule is O[C@]12CC[C@@H]3C[C@H](C1)C(Nc1ccccc1)[C@@H]32. The number of fused-ring (bicyclic) bond motifs is 1. The molecule has 3 saturated carbocycles. The van der Waals surface area contributed by atoms with Crippen LogP contribution in [0.25, 0.3) is 0 Å². The maximum atomic E-state index is 10.6. The Kier molecular flexibility index (Phi) is 1.91. The number of hydrogen-bond donors (Lipinski definition) is 2. The van der Waals surface area contributed by atoms with Crippen LogP contribution >= 0.6 is 0 Å². The Hall–Kier alpha value is -1.02. The fourth-order valence-corrected chi connectivity index (χ4v) is 4.78. The van der Waals surface area contributed by atoms with Crippen molar-refractivity contribution in [2.45, 2.75) is 37.3 Å². The van der Waals surface area contributed by atoms with Crippen LogP contribution in [0.4, 0.5) is 5.69 Å². The summed E-state index contributed by atoms with van der Waals surface area (Å²) >= 11 is 0. The maximum Gasteiger partial charge on any atom is 0.0701 e. The molecular weight excluding hydrogens is 210 g/mol. The topological polar surface area (TPSA) is 32.3 Å². The lowest BCUT2D eigenvalue weighted by atomic mass is 9.85. The van der Waals surface area contributed by atoms with Crippen molar-refractivity contribution in [2.24, 2.45) is 17.8 Å². The van der Waals surface area contributed by atoms with Gasteiger partial charge in [-0.2, -0.15) is 0 Å². The van der Waals surface area contributed by atoms with Crippen molar-refractivity contribution in [1.29, 1.82) is 0 Å². The maximum absolute atomic E-state index is 10.6. The molecule has 90 valence electrons. The molecule has 0 amide bonds. The van der Waals surface area contributed by atoms with Crippen LogP contribution in [0.2, 0.25) is 0 Å². The second-order valence-corrected chi connectivity index (χ2v) is 6.16. The Morgan fingerprint density at radius 3 is 2.76 bits per heavy atom. The van der Waals surface area contributed by atoms with Crippen LogP contribution in [0.3, 0.4) is 0 Å². The molecule has 17 heavy (non-hydrogen) atoms. The van der Waals surface area contributed by atoms with Gasteiger partial charge in [0.15, 0.2) is 0 Å². The normalized spacial score (nSPS) is 46.4. The van der Waals surface area contributed by atoms with E-state index in [9.17, 15) is 5.11 Å². The minimum atomic E-state index is -0.333. The molecule has 0 saturated heterocycles. The van der Waals surface area contributed by atoms with Gasteiger partial charge in [0.25, 0.3) is 0 Å². The number of rotatable bonds is 2. The van der Waals surface area contributed by atoms with Gasteiger partial charge >= 0.3 is 0 Å². The van der Waals surface area contributed by atoms with Gasteiger partial charge in [0.05, 0.1) is 5.60 Å². The molecule has 0 aromatic heterocycles. The molecule has 0 spiro atoms. The quantitative estimate of drug-likeness (QED) is 0.817. The summed E-state index contributed by atoms with van der Waals surface area (Å²) in [7, 11) is 0. The van der Waals surface area contributed by atoms with Crippen molar-refractivity contribution in [3.05, 3.63) is 30.3 Å². The molecule has 2 N–H and O–H groups in total. The largest absolute Gasteiger partial charge is 0.389 e. The van der Waals surface area contributed by atoms with E-state index in [1.165, 1.54) is 18.5 Å². The number of para-hydroxylation sites is 1. The van der Waals surface area contributed by atoms with Crippen LogP contribution in [-0.2, 0) is 0 Å². The van der Waals surface area contributed by atoms with E-state index in [4.69, 9.17) is 0 Å². The zero-order chi connectivity index (χ0) is 11.5. The number of hydrogen-bond acceptors (Lipinski definition) is 2. The lowest BCUT2D eigenvalue weighted by molar-refractivity contribution is 0.00153. The van der Waals surface area contributed by atoms with E-state index in [1.54, 1.807) is 0 Å². The van der Waals surface area contributed by atoms with Gasteiger partial charge < -0.3 is 10.4 Å². The van der Waals surface area contributed by atoms with E-state index < -0.39 is 0 Å². The summed E-state index contributed by atoms with van der Waals surface area (Å²) in [6.07, 6.45) is 4.63. The second kappa shape index (κ2) is 3.26.